The van der Waals surface area contributed by atoms with Gasteiger partial charge in [-0.25, -0.2) is 8.42 Å². The zero-order valence-electron chi connectivity index (χ0n) is 17.0. The van der Waals surface area contributed by atoms with E-state index in [2.05, 4.69) is 16.3 Å². The highest BCUT2D eigenvalue weighted by Crippen LogP contribution is 2.20. The first-order valence-electron chi connectivity index (χ1n) is 10.2. The van der Waals surface area contributed by atoms with Crippen LogP contribution in [0.1, 0.15) is 30.4 Å². The maximum atomic E-state index is 12.3. The molecule has 0 saturated carbocycles. The summed E-state index contributed by atoms with van der Waals surface area (Å²) in [5.41, 5.74) is 2.79. The monoisotopic (exact) mass is 425 g/mol. The zero-order chi connectivity index (χ0) is 21.4. The van der Waals surface area contributed by atoms with Gasteiger partial charge in [-0.05, 0) is 55.5 Å². The van der Waals surface area contributed by atoms with Crippen molar-refractivity contribution in [2.75, 3.05) is 29.5 Å². The van der Waals surface area contributed by atoms with Crippen LogP contribution in [0.5, 0.6) is 0 Å². The standard InChI is InChI=1S/C23H27N3O3S/c24-17-20-8-10-22(11-9-20)26-14-12-21(13-15-26)25-23(27)18-30(28,29)16-4-7-19-5-2-1-3-6-19/h1-3,5-6,8-11,21H,4,7,12-16,18H2,(H,25,27). The van der Waals surface area contributed by atoms with E-state index < -0.39 is 21.5 Å². The molecule has 6 nitrogen and oxygen atoms in total. The van der Waals surface area contributed by atoms with Gasteiger partial charge in [0.1, 0.15) is 5.75 Å². The number of rotatable bonds is 8. The van der Waals surface area contributed by atoms with Crippen molar-refractivity contribution in [1.82, 2.24) is 5.32 Å². The molecular weight excluding hydrogens is 398 g/mol. The van der Waals surface area contributed by atoms with E-state index in [-0.39, 0.29) is 11.8 Å². The molecule has 30 heavy (non-hydrogen) atoms. The van der Waals surface area contributed by atoms with Crippen LogP contribution in [-0.4, -0.2) is 45.0 Å². The summed E-state index contributed by atoms with van der Waals surface area (Å²) in [6, 6.07) is 19.3. The number of benzene rings is 2. The molecule has 7 heteroatoms. The summed E-state index contributed by atoms with van der Waals surface area (Å²) in [6.45, 7) is 1.56. The third-order valence-corrected chi connectivity index (χ3v) is 6.95. The van der Waals surface area contributed by atoms with Crippen molar-refractivity contribution >= 4 is 21.4 Å². The van der Waals surface area contributed by atoms with Crippen LogP contribution in [-0.2, 0) is 21.1 Å². The van der Waals surface area contributed by atoms with E-state index in [1.807, 2.05) is 42.5 Å². The predicted octanol–water partition coefficient (Wildman–Crippen LogP) is 2.69. The topological polar surface area (TPSA) is 90.3 Å². The van der Waals surface area contributed by atoms with Gasteiger partial charge in [-0.2, -0.15) is 5.26 Å². The maximum Gasteiger partial charge on any atom is 0.235 e. The molecule has 1 N–H and O–H groups in total. The van der Waals surface area contributed by atoms with Crippen molar-refractivity contribution in [3.63, 3.8) is 0 Å². The lowest BCUT2D eigenvalue weighted by Crippen LogP contribution is -2.46. The Kier molecular flexibility index (Phi) is 7.47. The number of carbonyl (C=O) groups excluding carboxylic acids is 1. The second-order valence-corrected chi connectivity index (χ2v) is 9.85. The van der Waals surface area contributed by atoms with E-state index in [0.717, 1.165) is 37.2 Å². The maximum absolute atomic E-state index is 12.3. The molecule has 0 unspecified atom stereocenters. The minimum Gasteiger partial charge on any atom is -0.371 e. The molecule has 0 atom stereocenters. The highest BCUT2D eigenvalue weighted by atomic mass is 32.2. The summed E-state index contributed by atoms with van der Waals surface area (Å²) in [5.74, 6) is -0.837. The summed E-state index contributed by atoms with van der Waals surface area (Å²) >= 11 is 0. The molecule has 3 rings (SSSR count). The van der Waals surface area contributed by atoms with Crippen molar-refractivity contribution < 1.29 is 13.2 Å². The molecule has 0 aromatic heterocycles. The number of hydrogen-bond donors (Lipinski definition) is 1. The molecule has 0 radical (unpaired) electrons. The summed E-state index contributed by atoms with van der Waals surface area (Å²) in [4.78, 5) is 14.5. The van der Waals surface area contributed by atoms with E-state index >= 15 is 0 Å². The van der Waals surface area contributed by atoms with Gasteiger partial charge < -0.3 is 10.2 Å². The number of sulfone groups is 1. The smallest absolute Gasteiger partial charge is 0.235 e. The normalized spacial score (nSPS) is 14.8. The third-order valence-electron chi connectivity index (χ3n) is 5.34. The first-order chi connectivity index (χ1) is 14.4. The molecule has 1 saturated heterocycles. The number of carbonyl (C=O) groups is 1. The Morgan fingerprint density at radius 1 is 1.07 bits per heavy atom. The number of hydrogen-bond acceptors (Lipinski definition) is 5. The third kappa shape index (κ3) is 6.60. The Morgan fingerprint density at radius 2 is 1.73 bits per heavy atom. The second kappa shape index (κ2) is 10.3. The molecule has 1 aliphatic rings. The van der Waals surface area contributed by atoms with Gasteiger partial charge in [0.05, 0.1) is 17.4 Å². The number of anilines is 1. The van der Waals surface area contributed by atoms with E-state index in [0.29, 0.717) is 18.4 Å². The average Bonchev–Trinajstić information content (AvgIpc) is 2.74. The Morgan fingerprint density at radius 3 is 2.37 bits per heavy atom. The molecule has 2 aromatic carbocycles. The van der Waals surface area contributed by atoms with Crippen molar-refractivity contribution in [2.45, 2.75) is 31.7 Å². The van der Waals surface area contributed by atoms with E-state index in [4.69, 9.17) is 5.26 Å². The molecule has 0 bridgehead atoms. The number of aryl methyl sites for hydroxylation is 1. The van der Waals surface area contributed by atoms with E-state index in [1.165, 1.54) is 0 Å². The minimum absolute atomic E-state index is 0.00773. The predicted molar refractivity (Wildman–Crippen MR) is 118 cm³/mol. The number of piperidine rings is 1. The van der Waals surface area contributed by atoms with Crippen LogP contribution in [0.3, 0.4) is 0 Å². The molecule has 1 heterocycles. The minimum atomic E-state index is -3.41. The van der Waals surface area contributed by atoms with E-state index in [1.54, 1.807) is 12.1 Å². The highest BCUT2D eigenvalue weighted by molar-refractivity contribution is 7.92. The van der Waals surface area contributed by atoms with Gasteiger partial charge in [0, 0.05) is 24.8 Å². The molecule has 158 valence electrons. The van der Waals surface area contributed by atoms with Gasteiger partial charge in [0.25, 0.3) is 0 Å². The molecular formula is C23H27N3O3S. The summed E-state index contributed by atoms with van der Waals surface area (Å²) in [5, 5.41) is 11.8. The molecule has 1 aliphatic heterocycles. The number of amides is 1. The fraction of sp³-hybridized carbons (Fsp3) is 0.391. The van der Waals surface area contributed by atoms with Crippen LogP contribution in [0.15, 0.2) is 54.6 Å². The number of nitriles is 1. The highest BCUT2D eigenvalue weighted by Gasteiger charge is 2.23. The van der Waals surface area contributed by atoms with Gasteiger partial charge in [-0.1, -0.05) is 30.3 Å². The van der Waals surface area contributed by atoms with Crippen molar-refractivity contribution in [1.29, 1.82) is 5.26 Å². The molecule has 2 aromatic rings. The van der Waals surface area contributed by atoms with Crippen LogP contribution in [0.4, 0.5) is 5.69 Å². The van der Waals surface area contributed by atoms with Crippen molar-refractivity contribution in [3.05, 3.63) is 65.7 Å². The summed E-state index contributed by atoms with van der Waals surface area (Å²) < 4.78 is 24.5. The van der Waals surface area contributed by atoms with Crippen molar-refractivity contribution in [2.24, 2.45) is 0 Å². The second-order valence-electron chi connectivity index (χ2n) is 7.67. The Hall–Kier alpha value is -2.85. The lowest BCUT2D eigenvalue weighted by Gasteiger charge is -2.34. The SMILES string of the molecule is N#Cc1ccc(N2CCC(NC(=O)CS(=O)(=O)CCCc3ccccc3)CC2)cc1. The quantitative estimate of drug-likeness (QED) is 0.702. The molecule has 1 amide bonds. The van der Waals surface area contributed by atoms with Crippen LogP contribution in [0.25, 0.3) is 0 Å². The van der Waals surface area contributed by atoms with Crippen molar-refractivity contribution in [3.8, 4) is 6.07 Å². The Balaban J connectivity index is 1.40. The van der Waals surface area contributed by atoms with Crippen LogP contribution in [0, 0.1) is 11.3 Å². The van der Waals surface area contributed by atoms with Crippen LogP contribution in [0.2, 0.25) is 0 Å². The number of nitrogens with one attached hydrogen (secondary N) is 1. The summed E-state index contributed by atoms with van der Waals surface area (Å²) in [6.07, 6.45) is 2.73. The first-order valence-corrected chi connectivity index (χ1v) is 12.1. The van der Waals surface area contributed by atoms with Crippen LogP contribution >= 0.6 is 0 Å². The fourth-order valence-electron chi connectivity index (χ4n) is 3.71. The fourth-order valence-corrected chi connectivity index (χ4v) is 4.92. The lowest BCUT2D eigenvalue weighted by molar-refractivity contribution is -0.119. The lowest BCUT2D eigenvalue weighted by atomic mass is 10.0. The Bertz CT molecular complexity index is 975. The van der Waals surface area contributed by atoms with Gasteiger partial charge in [-0.15, -0.1) is 0 Å². The van der Waals surface area contributed by atoms with Gasteiger partial charge >= 0.3 is 0 Å². The summed E-state index contributed by atoms with van der Waals surface area (Å²) in [7, 11) is -3.41. The Labute approximate surface area is 178 Å². The average molecular weight is 426 g/mol. The molecule has 0 spiro atoms. The number of nitrogens with zero attached hydrogens (tertiary/aromatic N) is 2. The molecule has 1 fully saturated rings. The van der Waals surface area contributed by atoms with Gasteiger partial charge in [0.15, 0.2) is 9.84 Å². The molecule has 0 aliphatic carbocycles. The van der Waals surface area contributed by atoms with Gasteiger partial charge in [0.2, 0.25) is 5.91 Å². The van der Waals surface area contributed by atoms with Crippen LogP contribution < -0.4 is 10.2 Å². The largest absolute Gasteiger partial charge is 0.371 e. The zero-order valence-corrected chi connectivity index (χ0v) is 17.8. The van der Waals surface area contributed by atoms with Gasteiger partial charge in [-0.3, -0.25) is 4.79 Å². The van der Waals surface area contributed by atoms with E-state index in [9.17, 15) is 13.2 Å². The first kappa shape index (κ1) is 21.8.